The van der Waals surface area contributed by atoms with E-state index in [4.69, 9.17) is 9.72 Å². The minimum absolute atomic E-state index is 0.114. The van der Waals surface area contributed by atoms with Crippen LogP contribution in [0.15, 0.2) is 18.2 Å². The van der Waals surface area contributed by atoms with Gasteiger partial charge in [0.25, 0.3) is 0 Å². The summed E-state index contributed by atoms with van der Waals surface area (Å²) in [6.07, 6.45) is 1.34. The molecule has 4 heteroatoms. The Morgan fingerprint density at radius 1 is 1.40 bits per heavy atom. The lowest BCUT2D eigenvalue weighted by atomic mass is 10.1. The SMILES string of the molecule is CC1CN(c2cccc(CNC(C)(C)C)n2)CCCO1. The van der Waals surface area contributed by atoms with Crippen molar-refractivity contribution >= 4 is 5.82 Å². The molecule has 0 radical (unpaired) electrons. The maximum absolute atomic E-state index is 5.70. The van der Waals surface area contributed by atoms with Gasteiger partial charge in [-0.15, -0.1) is 0 Å². The summed E-state index contributed by atoms with van der Waals surface area (Å²) in [4.78, 5) is 7.12. The van der Waals surface area contributed by atoms with Crippen molar-refractivity contribution in [2.45, 2.75) is 52.3 Å². The van der Waals surface area contributed by atoms with Crippen molar-refractivity contribution in [1.82, 2.24) is 10.3 Å². The summed E-state index contributed by atoms with van der Waals surface area (Å²) in [6.45, 7) is 12.2. The first kappa shape index (κ1) is 15.3. The van der Waals surface area contributed by atoms with E-state index in [0.29, 0.717) is 0 Å². The molecule has 2 rings (SSSR count). The fourth-order valence-corrected chi connectivity index (χ4v) is 2.30. The van der Waals surface area contributed by atoms with Crippen LogP contribution in [0.4, 0.5) is 5.82 Å². The molecule has 0 aliphatic carbocycles. The van der Waals surface area contributed by atoms with Crippen LogP contribution in [0.2, 0.25) is 0 Å². The third-order valence-corrected chi connectivity index (χ3v) is 3.37. The van der Waals surface area contributed by atoms with Crippen LogP contribution in [0.5, 0.6) is 0 Å². The highest BCUT2D eigenvalue weighted by Crippen LogP contribution is 2.16. The van der Waals surface area contributed by atoms with Crippen molar-refractivity contribution < 1.29 is 4.74 Å². The summed E-state index contributed by atoms with van der Waals surface area (Å²) in [5.41, 5.74) is 1.21. The number of aromatic nitrogens is 1. The molecule has 1 aliphatic rings. The highest BCUT2D eigenvalue weighted by Gasteiger charge is 2.16. The van der Waals surface area contributed by atoms with Crippen LogP contribution >= 0.6 is 0 Å². The van der Waals surface area contributed by atoms with Crippen molar-refractivity contribution in [3.63, 3.8) is 0 Å². The Kier molecular flexibility index (Phi) is 5.00. The summed E-state index contributed by atoms with van der Waals surface area (Å²) in [6, 6.07) is 6.27. The average molecular weight is 277 g/mol. The zero-order valence-electron chi connectivity index (χ0n) is 13.1. The van der Waals surface area contributed by atoms with Gasteiger partial charge < -0.3 is 15.0 Å². The highest BCUT2D eigenvalue weighted by atomic mass is 16.5. The average Bonchev–Trinajstić information content (AvgIpc) is 2.61. The first-order valence-corrected chi connectivity index (χ1v) is 7.51. The molecule has 0 amide bonds. The van der Waals surface area contributed by atoms with Gasteiger partial charge in [0, 0.05) is 31.8 Å². The Bertz CT molecular complexity index is 428. The van der Waals surface area contributed by atoms with Crippen LogP contribution in [0.1, 0.15) is 39.8 Å². The van der Waals surface area contributed by atoms with Crippen molar-refractivity contribution in [3.05, 3.63) is 23.9 Å². The van der Waals surface area contributed by atoms with E-state index in [9.17, 15) is 0 Å². The van der Waals surface area contributed by atoms with E-state index >= 15 is 0 Å². The van der Waals surface area contributed by atoms with E-state index in [0.717, 1.165) is 44.2 Å². The molecule has 0 spiro atoms. The predicted octanol–water partition coefficient (Wildman–Crippen LogP) is 2.58. The van der Waals surface area contributed by atoms with Crippen LogP contribution in [0, 0.1) is 0 Å². The van der Waals surface area contributed by atoms with Gasteiger partial charge in [-0.1, -0.05) is 6.07 Å². The Hall–Kier alpha value is -1.13. The smallest absolute Gasteiger partial charge is 0.128 e. The van der Waals surface area contributed by atoms with Crippen molar-refractivity contribution in [2.24, 2.45) is 0 Å². The molecule has 20 heavy (non-hydrogen) atoms. The molecule has 1 aliphatic heterocycles. The molecule has 0 aromatic carbocycles. The Morgan fingerprint density at radius 3 is 2.95 bits per heavy atom. The van der Waals surface area contributed by atoms with Crippen LogP contribution in [0.3, 0.4) is 0 Å². The van der Waals surface area contributed by atoms with E-state index in [2.05, 4.69) is 56.1 Å². The van der Waals surface area contributed by atoms with Gasteiger partial charge in [-0.25, -0.2) is 4.98 Å². The molecular formula is C16H27N3O. The Morgan fingerprint density at radius 2 is 2.20 bits per heavy atom. The van der Waals surface area contributed by atoms with Gasteiger partial charge in [0.2, 0.25) is 0 Å². The molecule has 1 fully saturated rings. The van der Waals surface area contributed by atoms with E-state index in [1.165, 1.54) is 0 Å². The maximum atomic E-state index is 5.70. The number of rotatable bonds is 3. The fraction of sp³-hybridized carbons (Fsp3) is 0.688. The van der Waals surface area contributed by atoms with Crippen LogP contribution in [-0.2, 0) is 11.3 Å². The van der Waals surface area contributed by atoms with Crippen molar-refractivity contribution in [2.75, 3.05) is 24.6 Å². The lowest BCUT2D eigenvalue weighted by Crippen LogP contribution is -2.35. The van der Waals surface area contributed by atoms with Crippen LogP contribution < -0.4 is 10.2 Å². The van der Waals surface area contributed by atoms with E-state index in [1.54, 1.807) is 0 Å². The molecule has 1 saturated heterocycles. The van der Waals surface area contributed by atoms with Gasteiger partial charge in [-0.3, -0.25) is 0 Å². The summed E-state index contributed by atoms with van der Waals surface area (Å²) in [7, 11) is 0. The first-order valence-electron chi connectivity index (χ1n) is 7.51. The summed E-state index contributed by atoms with van der Waals surface area (Å²) >= 11 is 0. The van der Waals surface area contributed by atoms with Crippen LogP contribution in [0.25, 0.3) is 0 Å². The Balaban J connectivity index is 2.04. The topological polar surface area (TPSA) is 37.4 Å². The van der Waals surface area contributed by atoms with Crippen molar-refractivity contribution in [3.8, 4) is 0 Å². The highest BCUT2D eigenvalue weighted by molar-refractivity contribution is 5.39. The first-order chi connectivity index (χ1) is 9.44. The molecule has 1 unspecified atom stereocenters. The molecule has 1 atom stereocenters. The van der Waals surface area contributed by atoms with E-state index in [-0.39, 0.29) is 11.6 Å². The molecule has 1 aromatic rings. The van der Waals surface area contributed by atoms with Gasteiger partial charge in [0.05, 0.1) is 11.8 Å². The molecule has 112 valence electrons. The number of nitrogens with zero attached hydrogens (tertiary/aromatic N) is 2. The molecule has 4 nitrogen and oxygen atoms in total. The molecule has 1 aromatic heterocycles. The predicted molar refractivity (Wildman–Crippen MR) is 83.1 cm³/mol. The fourth-order valence-electron chi connectivity index (χ4n) is 2.30. The molecular weight excluding hydrogens is 250 g/mol. The third-order valence-electron chi connectivity index (χ3n) is 3.37. The summed E-state index contributed by atoms with van der Waals surface area (Å²) < 4.78 is 5.70. The molecule has 0 bridgehead atoms. The second kappa shape index (κ2) is 6.55. The van der Waals surface area contributed by atoms with Gasteiger partial charge in [-0.05, 0) is 46.2 Å². The maximum Gasteiger partial charge on any atom is 0.128 e. The Labute approximate surface area is 122 Å². The number of ether oxygens (including phenoxy) is 1. The standard InChI is InChI=1S/C16H27N3O/c1-13-12-19(9-6-10-20-13)15-8-5-7-14(18-15)11-17-16(2,3)4/h5,7-8,13,17H,6,9-12H2,1-4H3. The molecule has 0 saturated carbocycles. The lowest BCUT2D eigenvalue weighted by molar-refractivity contribution is 0.0820. The minimum atomic E-state index is 0.114. The van der Waals surface area contributed by atoms with E-state index < -0.39 is 0 Å². The summed E-state index contributed by atoms with van der Waals surface area (Å²) in [5, 5.41) is 3.48. The normalized spacial score (nSPS) is 20.8. The van der Waals surface area contributed by atoms with Crippen molar-refractivity contribution in [1.29, 1.82) is 0 Å². The number of hydrogen-bond acceptors (Lipinski definition) is 4. The second-order valence-corrected chi connectivity index (χ2v) is 6.57. The zero-order chi connectivity index (χ0) is 14.6. The lowest BCUT2D eigenvalue weighted by Gasteiger charge is -2.24. The number of anilines is 1. The largest absolute Gasteiger partial charge is 0.377 e. The van der Waals surface area contributed by atoms with Crippen LogP contribution in [-0.4, -0.2) is 36.3 Å². The minimum Gasteiger partial charge on any atom is -0.377 e. The summed E-state index contributed by atoms with van der Waals surface area (Å²) in [5.74, 6) is 1.07. The number of hydrogen-bond donors (Lipinski definition) is 1. The third kappa shape index (κ3) is 4.76. The van der Waals surface area contributed by atoms with Gasteiger partial charge >= 0.3 is 0 Å². The zero-order valence-corrected chi connectivity index (χ0v) is 13.1. The second-order valence-electron chi connectivity index (χ2n) is 6.57. The molecule has 1 N–H and O–H groups in total. The number of nitrogens with one attached hydrogen (secondary N) is 1. The van der Waals surface area contributed by atoms with Gasteiger partial charge in [0.15, 0.2) is 0 Å². The quantitative estimate of drug-likeness (QED) is 0.921. The van der Waals surface area contributed by atoms with E-state index in [1.807, 2.05) is 0 Å². The van der Waals surface area contributed by atoms with Gasteiger partial charge in [-0.2, -0.15) is 0 Å². The monoisotopic (exact) mass is 277 g/mol. The molecule has 2 heterocycles. The number of pyridine rings is 1. The van der Waals surface area contributed by atoms with Gasteiger partial charge in [0.1, 0.15) is 5.82 Å².